The highest BCUT2D eigenvalue weighted by molar-refractivity contribution is 5.96. The maximum atomic E-state index is 12.3. The van der Waals surface area contributed by atoms with Gasteiger partial charge in [-0.15, -0.1) is 0 Å². The number of hydrogen-bond acceptors (Lipinski definition) is 6. The Hall–Kier alpha value is -2.57. The van der Waals surface area contributed by atoms with Crippen LogP contribution in [0.15, 0.2) is 28.9 Å². The van der Waals surface area contributed by atoms with Gasteiger partial charge in [0.2, 0.25) is 11.5 Å². The van der Waals surface area contributed by atoms with Crippen molar-refractivity contribution in [2.45, 2.75) is 13.5 Å². The van der Waals surface area contributed by atoms with Gasteiger partial charge in [0, 0.05) is 32.9 Å². The Bertz CT molecular complexity index is 606. The van der Waals surface area contributed by atoms with Gasteiger partial charge < -0.3 is 15.5 Å². The van der Waals surface area contributed by atoms with Gasteiger partial charge >= 0.3 is 0 Å². The summed E-state index contributed by atoms with van der Waals surface area (Å²) in [5, 5.41) is 6.99. The smallest absolute Gasteiger partial charge is 0.280 e. The van der Waals surface area contributed by atoms with Gasteiger partial charge in [0.15, 0.2) is 0 Å². The largest absolute Gasteiger partial charge is 0.379 e. The molecule has 112 valence electrons. The van der Waals surface area contributed by atoms with Crippen LogP contribution in [-0.4, -0.2) is 41.8 Å². The molecule has 0 radical (unpaired) electrons. The second-order valence-corrected chi connectivity index (χ2v) is 4.88. The van der Waals surface area contributed by atoms with Crippen molar-refractivity contribution in [2.75, 3.05) is 31.3 Å². The van der Waals surface area contributed by atoms with Crippen molar-refractivity contribution in [3.8, 4) is 0 Å². The van der Waals surface area contributed by atoms with E-state index in [1.54, 1.807) is 4.90 Å². The lowest BCUT2D eigenvalue weighted by atomic mass is 10.2. The fourth-order valence-electron chi connectivity index (χ4n) is 1.94. The van der Waals surface area contributed by atoms with Crippen molar-refractivity contribution in [2.24, 2.45) is 0 Å². The summed E-state index contributed by atoms with van der Waals surface area (Å²) in [6.07, 6.45) is 0. The molecule has 2 aromatic rings. The van der Waals surface area contributed by atoms with E-state index >= 15 is 0 Å². The molecule has 1 aromatic carbocycles. The molecule has 0 fully saturated rings. The third-order valence-electron chi connectivity index (χ3n) is 3.21. The van der Waals surface area contributed by atoms with Crippen LogP contribution in [0.1, 0.15) is 23.0 Å². The summed E-state index contributed by atoms with van der Waals surface area (Å²) in [6, 6.07) is 8.02. The molecule has 1 amide bonds. The Morgan fingerprint density at radius 1 is 1.24 bits per heavy atom. The van der Waals surface area contributed by atoms with E-state index in [2.05, 4.69) is 14.9 Å². The predicted octanol–water partition coefficient (Wildman–Crippen LogP) is 1.38. The number of nitrogens with zero attached hydrogens (tertiary/aromatic N) is 4. The van der Waals surface area contributed by atoms with E-state index in [0.29, 0.717) is 13.1 Å². The topological polar surface area (TPSA) is 88.5 Å². The van der Waals surface area contributed by atoms with E-state index < -0.39 is 0 Å². The molecule has 1 heterocycles. The highest BCUT2D eigenvalue weighted by Gasteiger charge is 2.21. The fraction of sp³-hybridized carbons (Fsp3) is 0.357. The molecular formula is C14H19N5O2. The van der Waals surface area contributed by atoms with Gasteiger partial charge in [-0.25, -0.2) is 4.63 Å². The summed E-state index contributed by atoms with van der Waals surface area (Å²) in [7, 11) is 3.97. The van der Waals surface area contributed by atoms with Crippen molar-refractivity contribution < 1.29 is 9.42 Å². The lowest BCUT2D eigenvalue weighted by Gasteiger charge is -2.20. The molecular weight excluding hydrogens is 270 g/mol. The van der Waals surface area contributed by atoms with E-state index in [9.17, 15) is 4.79 Å². The SMILES string of the molecule is CCN(Cc1ccc(N(C)C)cc1)C(=O)c1nonc1N. The Morgan fingerprint density at radius 2 is 1.90 bits per heavy atom. The molecule has 0 spiro atoms. The molecule has 1 aromatic heterocycles. The number of carbonyl (C=O) groups is 1. The van der Waals surface area contributed by atoms with Crippen molar-refractivity contribution in [3.05, 3.63) is 35.5 Å². The zero-order valence-electron chi connectivity index (χ0n) is 12.4. The van der Waals surface area contributed by atoms with Crippen LogP contribution in [0.4, 0.5) is 11.5 Å². The summed E-state index contributed by atoms with van der Waals surface area (Å²) >= 11 is 0. The highest BCUT2D eigenvalue weighted by atomic mass is 16.6. The summed E-state index contributed by atoms with van der Waals surface area (Å²) in [5.41, 5.74) is 7.76. The molecule has 7 heteroatoms. The highest BCUT2D eigenvalue weighted by Crippen LogP contribution is 2.15. The Labute approximate surface area is 123 Å². The molecule has 2 rings (SSSR count). The molecule has 7 nitrogen and oxygen atoms in total. The van der Waals surface area contributed by atoms with Crippen LogP contribution < -0.4 is 10.6 Å². The van der Waals surface area contributed by atoms with Crippen LogP contribution >= 0.6 is 0 Å². The van der Waals surface area contributed by atoms with E-state index in [1.807, 2.05) is 50.2 Å². The lowest BCUT2D eigenvalue weighted by molar-refractivity contribution is 0.0742. The number of hydrogen-bond donors (Lipinski definition) is 1. The van der Waals surface area contributed by atoms with Crippen molar-refractivity contribution in [3.63, 3.8) is 0 Å². The quantitative estimate of drug-likeness (QED) is 0.894. The number of aromatic nitrogens is 2. The number of nitrogens with two attached hydrogens (primary N) is 1. The van der Waals surface area contributed by atoms with Crippen molar-refractivity contribution in [1.82, 2.24) is 15.2 Å². The number of nitrogen functional groups attached to an aromatic ring is 1. The first-order valence-electron chi connectivity index (χ1n) is 6.66. The molecule has 21 heavy (non-hydrogen) atoms. The third kappa shape index (κ3) is 3.31. The molecule has 0 aliphatic rings. The second-order valence-electron chi connectivity index (χ2n) is 4.88. The first-order valence-corrected chi connectivity index (χ1v) is 6.66. The van der Waals surface area contributed by atoms with Crippen LogP contribution in [0.3, 0.4) is 0 Å². The lowest BCUT2D eigenvalue weighted by Crippen LogP contribution is -2.31. The minimum absolute atomic E-state index is 0.0152. The average Bonchev–Trinajstić information content (AvgIpc) is 2.90. The third-order valence-corrected chi connectivity index (χ3v) is 3.21. The van der Waals surface area contributed by atoms with Gasteiger partial charge in [-0.1, -0.05) is 12.1 Å². The first kappa shape index (κ1) is 14.8. The second kappa shape index (κ2) is 6.25. The normalized spacial score (nSPS) is 10.4. The molecule has 0 saturated heterocycles. The number of rotatable bonds is 5. The number of anilines is 2. The van der Waals surface area contributed by atoms with Crippen LogP contribution in [-0.2, 0) is 6.54 Å². The number of carbonyl (C=O) groups excluding carboxylic acids is 1. The Balaban J connectivity index is 2.12. The number of benzene rings is 1. The minimum atomic E-state index is -0.284. The summed E-state index contributed by atoms with van der Waals surface area (Å²) in [4.78, 5) is 16.0. The van der Waals surface area contributed by atoms with Gasteiger partial charge in [-0.05, 0) is 34.9 Å². The zero-order chi connectivity index (χ0) is 15.4. The molecule has 0 aliphatic carbocycles. The van der Waals surface area contributed by atoms with Gasteiger partial charge in [-0.2, -0.15) is 0 Å². The Kier molecular flexibility index (Phi) is 4.42. The average molecular weight is 289 g/mol. The summed E-state index contributed by atoms with van der Waals surface area (Å²) < 4.78 is 4.48. The van der Waals surface area contributed by atoms with Crippen LogP contribution in [0, 0.1) is 0 Å². The van der Waals surface area contributed by atoms with Gasteiger partial charge in [-0.3, -0.25) is 4.79 Å². The predicted molar refractivity (Wildman–Crippen MR) is 79.9 cm³/mol. The molecule has 0 aliphatic heterocycles. The van der Waals surface area contributed by atoms with E-state index in [1.165, 1.54) is 0 Å². The molecule has 0 unspecified atom stereocenters. The molecule has 0 saturated carbocycles. The van der Waals surface area contributed by atoms with Gasteiger partial charge in [0.1, 0.15) is 0 Å². The molecule has 2 N–H and O–H groups in total. The molecule has 0 atom stereocenters. The van der Waals surface area contributed by atoms with E-state index in [0.717, 1.165) is 11.3 Å². The minimum Gasteiger partial charge on any atom is -0.379 e. The maximum absolute atomic E-state index is 12.3. The summed E-state index contributed by atoms with van der Waals surface area (Å²) in [5.74, 6) is -0.269. The van der Waals surface area contributed by atoms with Crippen LogP contribution in [0.2, 0.25) is 0 Å². The van der Waals surface area contributed by atoms with Crippen LogP contribution in [0.25, 0.3) is 0 Å². The van der Waals surface area contributed by atoms with E-state index in [4.69, 9.17) is 5.73 Å². The monoisotopic (exact) mass is 289 g/mol. The van der Waals surface area contributed by atoms with Gasteiger partial charge in [0.05, 0.1) is 0 Å². The number of amides is 1. The van der Waals surface area contributed by atoms with Crippen molar-refractivity contribution in [1.29, 1.82) is 0 Å². The fourth-order valence-corrected chi connectivity index (χ4v) is 1.94. The van der Waals surface area contributed by atoms with E-state index in [-0.39, 0.29) is 17.4 Å². The van der Waals surface area contributed by atoms with Gasteiger partial charge in [0.25, 0.3) is 5.91 Å². The summed E-state index contributed by atoms with van der Waals surface area (Å²) in [6.45, 7) is 2.92. The molecule has 0 bridgehead atoms. The Morgan fingerprint density at radius 3 is 2.38 bits per heavy atom. The maximum Gasteiger partial charge on any atom is 0.280 e. The standard InChI is InChI=1S/C14H19N5O2/c1-4-19(14(20)12-13(15)17-21-16-12)9-10-5-7-11(8-6-10)18(2)3/h5-8H,4,9H2,1-3H3,(H2,15,17). The first-order chi connectivity index (χ1) is 10.0. The van der Waals surface area contributed by atoms with Crippen LogP contribution in [0.5, 0.6) is 0 Å². The zero-order valence-corrected chi connectivity index (χ0v) is 12.4. The van der Waals surface area contributed by atoms with Crippen molar-refractivity contribution >= 4 is 17.4 Å².